The van der Waals surface area contributed by atoms with Crippen LogP contribution >= 0.6 is 0 Å². The molecule has 1 atom stereocenters. The minimum Gasteiger partial charge on any atom is -0.390 e. The molecule has 0 aliphatic carbocycles. The van der Waals surface area contributed by atoms with E-state index >= 15 is 0 Å². The number of hydrogen-bond acceptors (Lipinski definition) is 4. The largest absolute Gasteiger partial charge is 0.390 e. The van der Waals surface area contributed by atoms with Crippen molar-refractivity contribution in [2.45, 2.75) is 25.8 Å². The predicted octanol–water partition coefficient (Wildman–Crippen LogP) is 1.18. The van der Waals surface area contributed by atoms with Crippen LogP contribution in [0.2, 0.25) is 0 Å². The highest BCUT2D eigenvalue weighted by Gasteiger charge is 2.05. The minimum atomic E-state index is -0.447. The lowest BCUT2D eigenvalue weighted by atomic mass is 10.1. The van der Waals surface area contributed by atoms with Crippen molar-refractivity contribution in [2.24, 2.45) is 0 Å². The van der Waals surface area contributed by atoms with Gasteiger partial charge in [-0.3, -0.25) is 4.68 Å². The summed E-state index contributed by atoms with van der Waals surface area (Å²) in [5.74, 6) is 0. The molecule has 0 amide bonds. The van der Waals surface area contributed by atoms with Crippen molar-refractivity contribution in [3.63, 3.8) is 0 Å². The molecular weight excluding hydrogens is 254 g/mol. The molecule has 0 aliphatic rings. The van der Waals surface area contributed by atoms with Crippen molar-refractivity contribution in [2.75, 3.05) is 13.7 Å². The SMILES string of the molecule is COCc1cccc(CNCC(O)Cn2cccn2)c1. The van der Waals surface area contributed by atoms with Crippen molar-refractivity contribution in [3.8, 4) is 0 Å². The van der Waals surface area contributed by atoms with Gasteiger partial charge >= 0.3 is 0 Å². The van der Waals surface area contributed by atoms with Crippen LogP contribution in [0.1, 0.15) is 11.1 Å². The molecule has 0 saturated carbocycles. The number of aliphatic hydroxyl groups excluding tert-OH is 1. The highest BCUT2D eigenvalue weighted by atomic mass is 16.5. The van der Waals surface area contributed by atoms with Gasteiger partial charge in [0.2, 0.25) is 0 Å². The van der Waals surface area contributed by atoms with Crippen molar-refractivity contribution >= 4 is 0 Å². The van der Waals surface area contributed by atoms with E-state index in [0.717, 1.165) is 12.1 Å². The number of aliphatic hydroxyl groups is 1. The second-order valence-electron chi connectivity index (χ2n) is 4.77. The zero-order valence-electron chi connectivity index (χ0n) is 11.7. The third-order valence-corrected chi connectivity index (χ3v) is 2.97. The fourth-order valence-corrected chi connectivity index (χ4v) is 2.07. The lowest BCUT2D eigenvalue weighted by Gasteiger charge is -2.12. The number of ether oxygens (including phenoxy) is 1. The van der Waals surface area contributed by atoms with Crippen LogP contribution in [-0.2, 0) is 24.4 Å². The Labute approximate surface area is 119 Å². The van der Waals surface area contributed by atoms with Gasteiger partial charge in [0.05, 0.1) is 19.3 Å². The van der Waals surface area contributed by atoms with Crippen molar-refractivity contribution < 1.29 is 9.84 Å². The van der Waals surface area contributed by atoms with Gasteiger partial charge in [0.1, 0.15) is 0 Å². The molecule has 20 heavy (non-hydrogen) atoms. The van der Waals surface area contributed by atoms with Crippen LogP contribution in [0.25, 0.3) is 0 Å². The highest BCUT2D eigenvalue weighted by molar-refractivity contribution is 5.22. The average molecular weight is 275 g/mol. The van der Waals surface area contributed by atoms with Crippen molar-refractivity contribution in [1.29, 1.82) is 0 Å². The van der Waals surface area contributed by atoms with Crippen LogP contribution in [0.4, 0.5) is 0 Å². The molecule has 0 fully saturated rings. The maximum absolute atomic E-state index is 9.89. The third-order valence-electron chi connectivity index (χ3n) is 2.97. The lowest BCUT2D eigenvalue weighted by Crippen LogP contribution is -2.30. The van der Waals surface area contributed by atoms with E-state index in [1.807, 2.05) is 24.4 Å². The summed E-state index contributed by atoms with van der Waals surface area (Å²) < 4.78 is 6.84. The number of aromatic nitrogens is 2. The Bertz CT molecular complexity index is 500. The summed E-state index contributed by atoms with van der Waals surface area (Å²) in [6.45, 7) is 2.39. The van der Waals surface area contributed by atoms with E-state index in [4.69, 9.17) is 4.74 Å². The molecule has 0 bridgehead atoms. The number of benzene rings is 1. The molecule has 1 aromatic heterocycles. The van der Waals surface area contributed by atoms with Gasteiger partial charge in [0.15, 0.2) is 0 Å². The number of rotatable bonds is 8. The fourth-order valence-electron chi connectivity index (χ4n) is 2.07. The van der Waals surface area contributed by atoms with Crippen LogP contribution in [0, 0.1) is 0 Å². The van der Waals surface area contributed by atoms with E-state index in [1.165, 1.54) is 5.56 Å². The summed E-state index contributed by atoms with van der Waals surface area (Å²) in [4.78, 5) is 0. The highest BCUT2D eigenvalue weighted by Crippen LogP contribution is 2.06. The number of nitrogens with zero attached hydrogens (tertiary/aromatic N) is 2. The molecule has 2 rings (SSSR count). The zero-order valence-corrected chi connectivity index (χ0v) is 11.7. The normalized spacial score (nSPS) is 12.5. The number of nitrogens with one attached hydrogen (secondary N) is 1. The van der Waals surface area contributed by atoms with Crippen LogP contribution in [0.15, 0.2) is 42.7 Å². The Morgan fingerprint density at radius 3 is 2.95 bits per heavy atom. The molecule has 5 nitrogen and oxygen atoms in total. The van der Waals surface area contributed by atoms with Gasteiger partial charge in [-0.05, 0) is 17.2 Å². The predicted molar refractivity (Wildman–Crippen MR) is 77.1 cm³/mol. The summed E-state index contributed by atoms with van der Waals surface area (Å²) in [5.41, 5.74) is 2.34. The molecular formula is C15H21N3O2. The summed E-state index contributed by atoms with van der Waals surface area (Å²) in [5, 5.41) is 17.2. The van der Waals surface area contributed by atoms with Crippen LogP contribution in [0.5, 0.6) is 0 Å². The van der Waals surface area contributed by atoms with Gasteiger partial charge in [0, 0.05) is 32.6 Å². The van der Waals surface area contributed by atoms with Crippen LogP contribution < -0.4 is 5.32 Å². The average Bonchev–Trinajstić information content (AvgIpc) is 2.92. The quantitative estimate of drug-likeness (QED) is 0.759. The van der Waals surface area contributed by atoms with Gasteiger partial charge in [-0.25, -0.2) is 0 Å². The second-order valence-corrected chi connectivity index (χ2v) is 4.77. The number of methoxy groups -OCH3 is 1. The lowest BCUT2D eigenvalue weighted by molar-refractivity contribution is 0.146. The first-order valence-electron chi connectivity index (χ1n) is 6.71. The molecule has 0 saturated heterocycles. The molecule has 1 aromatic carbocycles. The van der Waals surface area contributed by atoms with Gasteiger partial charge in [-0.1, -0.05) is 24.3 Å². The van der Waals surface area contributed by atoms with E-state index in [2.05, 4.69) is 22.5 Å². The molecule has 1 heterocycles. The topological polar surface area (TPSA) is 59.3 Å². The maximum atomic E-state index is 9.89. The number of hydrogen-bond donors (Lipinski definition) is 2. The van der Waals surface area contributed by atoms with E-state index < -0.39 is 6.10 Å². The molecule has 0 radical (unpaired) electrons. The van der Waals surface area contributed by atoms with Crippen LogP contribution in [0.3, 0.4) is 0 Å². The third kappa shape index (κ3) is 4.77. The molecule has 0 aliphatic heterocycles. The smallest absolute Gasteiger partial charge is 0.0860 e. The van der Waals surface area contributed by atoms with E-state index in [1.54, 1.807) is 18.0 Å². The molecule has 2 N–H and O–H groups in total. The Balaban J connectivity index is 1.73. The fraction of sp³-hybridized carbons (Fsp3) is 0.400. The Hall–Kier alpha value is -1.69. The molecule has 5 heteroatoms. The standard InChI is InChI=1S/C15H21N3O2/c1-20-12-14-5-2-4-13(8-14)9-16-10-15(19)11-18-7-3-6-17-18/h2-8,15-16,19H,9-12H2,1H3. The molecule has 2 aromatic rings. The summed E-state index contributed by atoms with van der Waals surface area (Å²) in [6.07, 6.45) is 3.11. The summed E-state index contributed by atoms with van der Waals surface area (Å²) >= 11 is 0. The van der Waals surface area contributed by atoms with Crippen molar-refractivity contribution in [3.05, 3.63) is 53.9 Å². The molecule has 0 spiro atoms. The molecule has 1 unspecified atom stereocenters. The zero-order chi connectivity index (χ0) is 14.2. The van der Waals surface area contributed by atoms with Crippen molar-refractivity contribution in [1.82, 2.24) is 15.1 Å². The maximum Gasteiger partial charge on any atom is 0.0860 e. The second kappa shape index (κ2) is 7.79. The van der Waals surface area contributed by atoms with Gasteiger partial charge in [-0.15, -0.1) is 0 Å². The first-order chi connectivity index (χ1) is 9.78. The first-order valence-corrected chi connectivity index (χ1v) is 6.71. The summed E-state index contributed by atoms with van der Waals surface area (Å²) in [6, 6.07) is 10.1. The Morgan fingerprint density at radius 1 is 1.35 bits per heavy atom. The van der Waals surface area contributed by atoms with E-state index in [0.29, 0.717) is 19.7 Å². The van der Waals surface area contributed by atoms with Crippen LogP contribution in [-0.4, -0.2) is 34.6 Å². The summed E-state index contributed by atoms with van der Waals surface area (Å²) in [7, 11) is 1.69. The monoisotopic (exact) mass is 275 g/mol. The Kier molecular flexibility index (Phi) is 5.73. The Morgan fingerprint density at radius 2 is 2.20 bits per heavy atom. The minimum absolute atomic E-state index is 0.447. The van der Waals surface area contributed by atoms with Gasteiger partial charge in [-0.2, -0.15) is 5.10 Å². The van der Waals surface area contributed by atoms with E-state index in [9.17, 15) is 5.11 Å². The van der Waals surface area contributed by atoms with Gasteiger partial charge in [0.25, 0.3) is 0 Å². The molecule has 108 valence electrons. The van der Waals surface area contributed by atoms with E-state index in [-0.39, 0.29) is 0 Å². The van der Waals surface area contributed by atoms with Gasteiger partial charge < -0.3 is 15.2 Å². The first kappa shape index (κ1) is 14.7.